The summed E-state index contributed by atoms with van der Waals surface area (Å²) in [7, 11) is 1.64. The number of aryl methyl sites for hydroxylation is 1. The molecule has 0 saturated carbocycles. The van der Waals surface area contributed by atoms with Gasteiger partial charge >= 0.3 is 0 Å². The van der Waals surface area contributed by atoms with E-state index in [9.17, 15) is 9.59 Å². The number of amides is 1. The summed E-state index contributed by atoms with van der Waals surface area (Å²) < 4.78 is 5.78. The second-order valence-electron chi connectivity index (χ2n) is 6.17. The molecule has 1 aliphatic heterocycles. The van der Waals surface area contributed by atoms with Crippen molar-refractivity contribution in [3.8, 4) is 0 Å². The molecule has 0 spiro atoms. The van der Waals surface area contributed by atoms with Gasteiger partial charge in [-0.2, -0.15) is 0 Å². The van der Waals surface area contributed by atoms with Crippen LogP contribution in [0.25, 0.3) is 11.0 Å². The number of rotatable bonds is 1. The molecule has 0 N–H and O–H groups in total. The third kappa shape index (κ3) is 2.36. The molecule has 0 fully saturated rings. The number of fused-ring (bicyclic) bond motifs is 2. The highest BCUT2D eigenvalue weighted by Gasteiger charge is 2.40. The van der Waals surface area contributed by atoms with E-state index in [0.29, 0.717) is 32.1 Å². The predicted molar refractivity (Wildman–Crippen MR) is 97.6 cm³/mol. The minimum absolute atomic E-state index is 0.0833. The molecule has 2 aromatic carbocycles. The smallest absolute Gasteiger partial charge is 0.290 e. The Labute approximate surface area is 153 Å². The molecule has 3 aromatic rings. The van der Waals surface area contributed by atoms with Crippen LogP contribution in [-0.4, -0.2) is 17.9 Å². The molecule has 6 heteroatoms. The van der Waals surface area contributed by atoms with E-state index in [1.54, 1.807) is 37.4 Å². The van der Waals surface area contributed by atoms with Gasteiger partial charge in [0.15, 0.2) is 5.43 Å². The van der Waals surface area contributed by atoms with Gasteiger partial charge in [-0.25, -0.2) is 0 Å². The van der Waals surface area contributed by atoms with Crippen molar-refractivity contribution >= 4 is 40.1 Å². The molecule has 0 radical (unpaired) electrons. The fourth-order valence-corrected chi connectivity index (χ4v) is 3.58. The molecule has 1 aliphatic rings. The van der Waals surface area contributed by atoms with Gasteiger partial charge in [0.25, 0.3) is 5.91 Å². The Kier molecular flexibility index (Phi) is 3.63. The SMILES string of the molecule is Cc1ccc2oc3c(c(=O)c2c1)[C@H](c1ccc(Cl)c(Cl)c1)N(C)C3=O. The minimum Gasteiger partial charge on any atom is -0.450 e. The Bertz CT molecular complexity index is 1100. The average molecular weight is 374 g/mol. The van der Waals surface area contributed by atoms with Crippen molar-refractivity contribution in [1.29, 1.82) is 0 Å². The van der Waals surface area contributed by atoms with Crippen molar-refractivity contribution in [2.45, 2.75) is 13.0 Å². The number of carbonyl (C=O) groups excluding carboxylic acids is 1. The zero-order valence-electron chi connectivity index (χ0n) is 13.5. The van der Waals surface area contributed by atoms with Crippen molar-refractivity contribution in [3.63, 3.8) is 0 Å². The molecule has 1 aromatic heterocycles. The van der Waals surface area contributed by atoms with E-state index >= 15 is 0 Å². The Hall–Kier alpha value is -2.30. The zero-order valence-corrected chi connectivity index (χ0v) is 15.0. The second kappa shape index (κ2) is 5.61. The van der Waals surface area contributed by atoms with Crippen LogP contribution in [-0.2, 0) is 0 Å². The van der Waals surface area contributed by atoms with Crippen molar-refractivity contribution in [2.75, 3.05) is 7.05 Å². The van der Waals surface area contributed by atoms with Crippen LogP contribution in [0, 0.1) is 6.92 Å². The summed E-state index contributed by atoms with van der Waals surface area (Å²) in [5.74, 6) is -0.245. The Morgan fingerprint density at radius 2 is 1.80 bits per heavy atom. The lowest BCUT2D eigenvalue weighted by molar-refractivity contribution is 0.0771. The first-order chi connectivity index (χ1) is 11.9. The van der Waals surface area contributed by atoms with Gasteiger partial charge in [0.2, 0.25) is 5.76 Å². The first-order valence-corrected chi connectivity index (χ1v) is 8.43. The lowest BCUT2D eigenvalue weighted by Crippen LogP contribution is -2.25. The summed E-state index contributed by atoms with van der Waals surface area (Å²) >= 11 is 12.1. The van der Waals surface area contributed by atoms with Crippen LogP contribution in [0.15, 0.2) is 45.6 Å². The van der Waals surface area contributed by atoms with Crippen molar-refractivity contribution in [2.24, 2.45) is 0 Å². The molecule has 1 amide bonds. The number of carbonyl (C=O) groups is 1. The van der Waals surface area contributed by atoms with Crippen molar-refractivity contribution < 1.29 is 9.21 Å². The third-order valence-electron chi connectivity index (χ3n) is 4.52. The summed E-state index contributed by atoms with van der Waals surface area (Å²) in [6.45, 7) is 1.90. The summed E-state index contributed by atoms with van der Waals surface area (Å²) in [5, 5.41) is 1.25. The number of benzene rings is 2. The van der Waals surface area contributed by atoms with Crippen molar-refractivity contribution in [1.82, 2.24) is 4.90 Å². The number of halogens is 2. The van der Waals surface area contributed by atoms with Crippen LogP contribution in [0.5, 0.6) is 0 Å². The second-order valence-corrected chi connectivity index (χ2v) is 6.98. The Morgan fingerprint density at radius 1 is 1.04 bits per heavy atom. The molecule has 0 aliphatic carbocycles. The van der Waals surface area contributed by atoms with Gasteiger partial charge in [-0.1, -0.05) is 40.9 Å². The molecule has 25 heavy (non-hydrogen) atoms. The van der Waals surface area contributed by atoms with E-state index in [4.69, 9.17) is 27.6 Å². The number of hydrogen-bond donors (Lipinski definition) is 0. The monoisotopic (exact) mass is 373 g/mol. The van der Waals surface area contributed by atoms with Gasteiger partial charge < -0.3 is 9.32 Å². The minimum atomic E-state index is -0.557. The zero-order chi connectivity index (χ0) is 17.9. The van der Waals surface area contributed by atoms with E-state index in [2.05, 4.69) is 0 Å². The molecule has 4 rings (SSSR count). The van der Waals surface area contributed by atoms with E-state index in [1.165, 1.54) is 4.90 Å². The van der Waals surface area contributed by atoms with Gasteiger partial charge in [0, 0.05) is 7.05 Å². The highest BCUT2D eigenvalue weighted by molar-refractivity contribution is 6.42. The lowest BCUT2D eigenvalue weighted by atomic mass is 9.98. The highest BCUT2D eigenvalue weighted by atomic mass is 35.5. The van der Waals surface area contributed by atoms with Crippen LogP contribution in [0.4, 0.5) is 0 Å². The maximum Gasteiger partial charge on any atom is 0.290 e. The molecule has 0 saturated heterocycles. The fraction of sp³-hybridized carbons (Fsp3) is 0.158. The summed E-state index contributed by atoms with van der Waals surface area (Å²) in [6.07, 6.45) is 0. The summed E-state index contributed by atoms with van der Waals surface area (Å²) in [5.41, 5.74) is 2.20. The van der Waals surface area contributed by atoms with Crippen LogP contribution in [0.2, 0.25) is 10.0 Å². The van der Waals surface area contributed by atoms with Gasteiger partial charge in [-0.3, -0.25) is 9.59 Å². The maximum atomic E-state index is 13.1. The third-order valence-corrected chi connectivity index (χ3v) is 5.25. The first kappa shape index (κ1) is 16.2. The standard InChI is InChI=1S/C19H13Cl2NO3/c1-9-3-6-14-11(7-9)17(23)15-16(22(2)19(24)18(15)25-14)10-4-5-12(20)13(21)8-10/h3-8,16H,1-2H3/t16-/m0/s1. The quantitative estimate of drug-likeness (QED) is 0.626. The molecule has 126 valence electrons. The van der Waals surface area contributed by atoms with E-state index in [0.717, 1.165) is 5.56 Å². The highest BCUT2D eigenvalue weighted by Crippen LogP contribution is 2.38. The Balaban J connectivity index is 2.03. The number of nitrogens with zero attached hydrogens (tertiary/aromatic N) is 1. The van der Waals surface area contributed by atoms with Gasteiger partial charge in [-0.15, -0.1) is 0 Å². The van der Waals surface area contributed by atoms with E-state index in [-0.39, 0.29) is 17.1 Å². The maximum absolute atomic E-state index is 13.1. The Morgan fingerprint density at radius 3 is 2.52 bits per heavy atom. The molecule has 0 bridgehead atoms. The van der Waals surface area contributed by atoms with E-state index < -0.39 is 6.04 Å². The molecule has 1 atom stereocenters. The molecular formula is C19H13Cl2NO3. The lowest BCUT2D eigenvalue weighted by Gasteiger charge is -2.20. The van der Waals surface area contributed by atoms with Gasteiger partial charge in [0.05, 0.1) is 27.0 Å². The molecule has 2 heterocycles. The van der Waals surface area contributed by atoms with Crippen LogP contribution >= 0.6 is 23.2 Å². The molecule has 4 nitrogen and oxygen atoms in total. The first-order valence-electron chi connectivity index (χ1n) is 7.68. The summed E-state index contributed by atoms with van der Waals surface area (Å²) in [4.78, 5) is 27.2. The topological polar surface area (TPSA) is 50.5 Å². The normalized spacial score (nSPS) is 16.6. The molecular weight excluding hydrogens is 361 g/mol. The molecule has 0 unspecified atom stereocenters. The van der Waals surface area contributed by atoms with E-state index in [1.807, 2.05) is 13.0 Å². The predicted octanol–water partition coefficient (Wildman–Crippen LogP) is 4.58. The van der Waals surface area contributed by atoms with Crippen LogP contribution in [0.3, 0.4) is 0 Å². The summed E-state index contributed by atoms with van der Waals surface area (Å²) in [6, 6.07) is 9.87. The van der Waals surface area contributed by atoms with Gasteiger partial charge in [0.1, 0.15) is 5.58 Å². The van der Waals surface area contributed by atoms with Crippen LogP contribution < -0.4 is 5.43 Å². The fourth-order valence-electron chi connectivity index (χ4n) is 3.27. The number of hydrogen-bond acceptors (Lipinski definition) is 3. The van der Waals surface area contributed by atoms with Crippen molar-refractivity contribution in [3.05, 3.63) is 79.1 Å². The average Bonchev–Trinajstić information content (AvgIpc) is 2.83. The van der Waals surface area contributed by atoms with Gasteiger partial charge in [-0.05, 0) is 36.8 Å². The largest absolute Gasteiger partial charge is 0.450 e. The van der Waals surface area contributed by atoms with Crippen LogP contribution in [0.1, 0.15) is 33.3 Å².